The van der Waals surface area contributed by atoms with Crippen LogP contribution >= 0.6 is 0 Å². The van der Waals surface area contributed by atoms with Crippen molar-refractivity contribution >= 4 is 17.8 Å². The molecule has 0 atom stereocenters. The highest BCUT2D eigenvalue weighted by molar-refractivity contribution is 5.97. The normalized spacial score (nSPS) is 11.9. The fourth-order valence-corrected chi connectivity index (χ4v) is 1.13. The number of nitrogens with zero attached hydrogens (tertiary/aromatic N) is 3. The Labute approximate surface area is 115 Å². The maximum Gasteiger partial charge on any atom is 0.337 e. The van der Waals surface area contributed by atoms with E-state index in [1.807, 2.05) is 0 Å². The van der Waals surface area contributed by atoms with E-state index < -0.39 is 5.97 Å². The van der Waals surface area contributed by atoms with Gasteiger partial charge in [0.1, 0.15) is 5.84 Å². The number of rotatable bonds is 5. The molecule has 106 valence electrons. The highest BCUT2D eigenvalue weighted by Gasteiger charge is 2.07. The number of methoxy groups -OCH3 is 2. The molecule has 4 N–H and O–H groups in total. The van der Waals surface area contributed by atoms with Crippen LogP contribution in [-0.4, -0.2) is 36.0 Å². The molecule has 0 radical (unpaired) electrons. The van der Waals surface area contributed by atoms with Gasteiger partial charge in [-0.1, -0.05) is 6.58 Å². The first-order valence-electron chi connectivity index (χ1n) is 5.43. The number of hydrogen-bond acceptors (Lipinski definition) is 7. The van der Waals surface area contributed by atoms with Gasteiger partial charge in [0, 0.05) is 18.5 Å². The van der Waals surface area contributed by atoms with Crippen LogP contribution in [0.4, 0.5) is 5.95 Å². The van der Waals surface area contributed by atoms with Crippen molar-refractivity contribution in [3.63, 3.8) is 0 Å². The molecule has 0 saturated carbocycles. The van der Waals surface area contributed by atoms with Crippen molar-refractivity contribution in [2.24, 2.45) is 10.7 Å². The van der Waals surface area contributed by atoms with E-state index in [2.05, 4.69) is 26.3 Å². The molecule has 1 heterocycles. The van der Waals surface area contributed by atoms with E-state index in [9.17, 15) is 4.79 Å². The molecule has 1 aromatic heterocycles. The number of aliphatic imine (C=N–C) groups is 1. The summed E-state index contributed by atoms with van der Waals surface area (Å²) in [5, 5.41) is 0. The highest BCUT2D eigenvalue weighted by atomic mass is 16.5. The van der Waals surface area contributed by atoms with Crippen LogP contribution in [0.25, 0.3) is 0 Å². The number of amidine groups is 1. The van der Waals surface area contributed by atoms with Crippen molar-refractivity contribution in [3.05, 3.63) is 42.1 Å². The van der Waals surface area contributed by atoms with E-state index in [0.717, 1.165) is 0 Å². The summed E-state index contributed by atoms with van der Waals surface area (Å²) >= 11 is 0. The number of nitrogen functional groups attached to an aromatic ring is 1. The minimum atomic E-state index is -0.593. The topological polar surface area (TPSA) is 126 Å². The maximum atomic E-state index is 11.2. The quantitative estimate of drug-likeness (QED) is 0.193. The molecule has 0 aliphatic carbocycles. The van der Waals surface area contributed by atoms with Crippen molar-refractivity contribution in [1.82, 2.24) is 9.97 Å². The first kappa shape index (κ1) is 15.2. The number of esters is 1. The molecule has 0 spiro atoms. The van der Waals surface area contributed by atoms with Gasteiger partial charge >= 0.3 is 5.97 Å². The van der Waals surface area contributed by atoms with E-state index >= 15 is 0 Å². The third kappa shape index (κ3) is 4.09. The Hall–Kier alpha value is -2.90. The van der Waals surface area contributed by atoms with Gasteiger partial charge in [-0.25, -0.2) is 14.8 Å². The first-order chi connectivity index (χ1) is 9.47. The SMILES string of the molecule is C=C(/C=C(\N=C(/N)c1cnc(N)nc1)OC)C(=O)OC. The molecule has 0 fully saturated rings. The average molecular weight is 277 g/mol. The number of anilines is 1. The first-order valence-corrected chi connectivity index (χ1v) is 5.43. The smallest absolute Gasteiger partial charge is 0.337 e. The van der Waals surface area contributed by atoms with Crippen LogP contribution in [0.5, 0.6) is 0 Å². The highest BCUT2D eigenvalue weighted by Crippen LogP contribution is 2.07. The summed E-state index contributed by atoms with van der Waals surface area (Å²) in [7, 11) is 2.63. The van der Waals surface area contributed by atoms with Crippen LogP contribution in [0.3, 0.4) is 0 Å². The lowest BCUT2D eigenvalue weighted by molar-refractivity contribution is -0.135. The minimum Gasteiger partial charge on any atom is -0.481 e. The van der Waals surface area contributed by atoms with E-state index in [4.69, 9.17) is 16.2 Å². The summed E-state index contributed by atoms with van der Waals surface area (Å²) in [6.07, 6.45) is 4.14. The number of aromatic nitrogens is 2. The van der Waals surface area contributed by atoms with E-state index in [1.165, 1.54) is 32.7 Å². The van der Waals surface area contributed by atoms with Crippen LogP contribution in [-0.2, 0) is 14.3 Å². The molecule has 1 rings (SSSR count). The van der Waals surface area contributed by atoms with E-state index in [1.54, 1.807) is 0 Å². The molecule has 0 saturated heterocycles. The standard InChI is InChI=1S/C12H15N5O3/c1-7(11(18)20-3)4-9(19-2)17-10(13)8-5-15-12(14)16-6-8/h4-6H,1H2,2-3H3,(H2,13,17)(H2,14,15,16)/b9-4+. The number of hydrogen-bond donors (Lipinski definition) is 2. The Balaban J connectivity index is 2.98. The van der Waals surface area contributed by atoms with Gasteiger partial charge in [-0.2, -0.15) is 4.99 Å². The Kier molecular flexibility index (Phi) is 5.21. The van der Waals surface area contributed by atoms with Crippen LogP contribution in [0, 0.1) is 0 Å². The van der Waals surface area contributed by atoms with Crippen molar-refractivity contribution in [3.8, 4) is 0 Å². The average Bonchev–Trinajstić information content (AvgIpc) is 2.45. The molecule has 0 amide bonds. The molecule has 0 aromatic carbocycles. The van der Waals surface area contributed by atoms with Gasteiger partial charge in [0.15, 0.2) is 0 Å². The zero-order valence-electron chi connectivity index (χ0n) is 11.2. The second kappa shape index (κ2) is 6.88. The van der Waals surface area contributed by atoms with Crippen molar-refractivity contribution in [2.45, 2.75) is 0 Å². The van der Waals surface area contributed by atoms with Gasteiger partial charge in [-0.15, -0.1) is 0 Å². The van der Waals surface area contributed by atoms with Crippen LogP contribution < -0.4 is 11.5 Å². The predicted molar refractivity (Wildman–Crippen MR) is 73.4 cm³/mol. The monoisotopic (exact) mass is 277 g/mol. The van der Waals surface area contributed by atoms with Gasteiger partial charge in [0.2, 0.25) is 11.8 Å². The van der Waals surface area contributed by atoms with Crippen LogP contribution in [0.1, 0.15) is 5.56 Å². The number of ether oxygens (including phenoxy) is 2. The Bertz CT molecular complexity index is 563. The Morgan fingerprint density at radius 1 is 1.35 bits per heavy atom. The van der Waals surface area contributed by atoms with Crippen LogP contribution in [0.2, 0.25) is 0 Å². The summed E-state index contributed by atoms with van der Waals surface area (Å²) in [5.74, 6) is -0.266. The Morgan fingerprint density at radius 2 is 1.95 bits per heavy atom. The molecule has 0 bridgehead atoms. The van der Waals surface area contributed by atoms with Crippen molar-refractivity contribution < 1.29 is 14.3 Å². The van der Waals surface area contributed by atoms with Crippen LogP contribution in [0.15, 0.2) is 41.5 Å². The lowest BCUT2D eigenvalue weighted by Gasteiger charge is -2.04. The van der Waals surface area contributed by atoms with Crippen molar-refractivity contribution in [2.75, 3.05) is 20.0 Å². The molecular weight excluding hydrogens is 262 g/mol. The zero-order chi connectivity index (χ0) is 15.1. The van der Waals surface area contributed by atoms with Gasteiger partial charge < -0.3 is 20.9 Å². The van der Waals surface area contributed by atoms with Gasteiger partial charge in [0.05, 0.1) is 25.4 Å². The zero-order valence-corrected chi connectivity index (χ0v) is 11.2. The second-order valence-corrected chi connectivity index (χ2v) is 3.53. The van der Waals surface area contributed by atoms with Gasteiger partial charge in [-0.05, 0) is 0 Å². The summed E-state index contributed by atoms with van der Waals surface area (Å²) < 4.78 is 9.50. The summed E-state index contributed by atoms with van der Waals surface area (Å²) in [5.41, 5.74) is 11.7. The number of carbonyl (C=O) groups excluding carboxylic acids is 1. The molecule has 8 heteroatoms. The third-order valence-electron chi connectivity index (χ3n) is 2.15. The molecule has 20 heavy (non-hydrogen) atoms. The molecule has 1 aromatic rings. The van der Waals surface area contributed by atoms with E-state index in [-0.39, 0.29) is 23.2 Å². The molecule has 0 unspecified atom stereocenters. The van der Waals surface area contributed by atoms with Gasteiger partial charge in [0.25, 0.3) is 0 Å². The summed E-state index contributed by atoms with van der Waals surface area (Å²) in [6.45, 7) is 3.52. The summed E-state index contributed by atoms with van der Waals surface area (Å²) in [4.78, 5) is 22.8. The minimum absolute atomic E-state index is 0.0782. The fourth-order valence-electron chi connectivity index (χ4n) is 1.13. The maximum absolute atomic E-state index is 11.2. The lowest BCUT2D eigenvalue weighted by atomic mass is 10.3. The molecule has 0 aliphatic heterocycles. The summed E-state index contributed by atoms with van der Waals surface area (Å²) in [6, 6.07) is 0. The third-order valence-corrected chi connectivity index (χ3v) is 2.15. The molecular formula is C12H15N5O3. The predicted octanol–water partition coefficient (Wildman–Crippen LogP) is -0.0189. The largest absolute Gasteiger partial charge is 0.481 e. The van der Waals surface area contributed by atoms with E-state index in [0.29, 0.717) is 5.56 Å². The fraction of sp³-hybridized carbons (Fsp3) is 0.167. The van der Waals surface area contributed by atoms with Gasteiger partial charge in [-0.3, -0.25) is 0 Å². The number of nitrogens with two attached hydrogens (primary N) is 2. The molecule has 8 nitrogen and oxygen atoms in total. The molecule has 0 aliphatic rings. The Morgan fingerprint density at radius 3 is 2.45 bits per heavy atom. The number of carbonyl (C=O) groups is 1. The second-order valence-electron chi connectivity index (χ2n) is 3.53. The van der Waals surface area contributed by atoms with Crippen molar-refractivity contribution in [1.29, 1.82) is 0 Å². The lowest BCUT2D eigenvalue weighted by Crippen LogP contribution is -2.15.